The molecule has 4 heterocycles. The van der Waals surface area contributed by atoms with E-state index < -0.39 is 18.3 Å². The zero-order valence-corrected chi connectivity index (χ0v) is 20.5. The summed E-state index contributed by atoms with van der Waals surface area (Å²) in [4.78, 5) is 15.9. The fourth-order valence-corrected chi connectivity index (χ4v) is 4.49. The number of hydrogen-bond acceptors (Lipinski definition) is 8. The fourth-order valence-electron chi connectivity index (χ4n) is 4.49. The van der Waals surface area contributed by atoms with E-state index in [0.717, 1.165) is 42.3 Å². The van der Waals surface area contributed by atoms with Crippen molar-refractivity contribution in [1.29, 1.82) is 0 Å². The number of benzene rings is 1. The smallest absolute Gasteiger partial charge is 0.494 e. The normalized spacial score (nSPS) is 20.0. The Hall–Kier alpha value is -2.91. The van der Waals surface area contributed by atoms with Crippen LogP contribution >= 0.6 is 0 Å². The third-order valence-electron chi connectivity index (χ3n) is 7.27. The molecule has 9 heteroatoms. The van der Waals surface area contributed by atoms with Crippen LogP contribution < -0.4 is 20.4 Å². The molecule has 0 aliphatic carbocycles. The molecule has 8 nitrogen and oxygen atoms in total. The molecule has 0 spiro atoms. The Balaban J connectivity index is 1.31. The second-order valence-corrected chi connectivity index (χ2v) is 10.1. The van der Waals surface area contributed by atoms with Gasteiger partial charge in [-0.15, -0.1) is 0 Å². The van der Waals surface area contributed by atoms with E-state index in [1.165, 1.54) is 5.69 Å². The van der Waals surface area contributed by atoms with Gasteiger partial charge in [-0.05, 0) is 64.2 Å². The molecule has 0 saturated carbocycles. The number of fused-ring (bicyclic) bond motifs is 1. The molecule has 0 amide bonds. The summed E-state index contributed by atoms with van der Waals surface area (Å²) in [5.74, 6) is 1.30. The molecule has 2 aliphatic heterocycles. The van der Waals surface area contributed by atoms with E-state index in [1.54, 1.807) is 7.11 Å². The summed E-state index contributed by atoms with van der Waals surface area (Å²) < 4.78 is 18.1. The molecule has 178 valence electrons. The van der Waals surface area contributed by atoms with Gasteiger partial charge in [-0.1, -0.05) is 6.07 Å². The Bertz CT molecular complexity index is 1150. The van der Waals surface area contributed by atoms with Crippen molar-refractivity contribution in [2.45, 2.75) is 57.8 Å². The van der Waals surface area contributed by atoms with Crippen molar-refractivity contribution < 1.29 is 14.0 Å². The lowest BCUT2D eigenvalue weighted by atomic mass is 9.78. The fraction of sp³-hybridized carbons (Fsp3) is 0.480. The third kappa shape index (κ3) is 4.30. The van der Waals surface area contributed by atoms with Crippen molar-refractivity contribution in [3.63, 3.8) is 0 Å². The first-order chi connectivity index (χ1) is 16.3. The largest absolute Gasteiger partial charge is 0.494 e. The number of anilines is 2. The molecule has 34 heavy (non-hydrogen) atoms. The number of rotatable bonds is 5. The Morgan fingerprint density at radius 3 is 2.38 bits per heavy atom. The number of pyridine rings is 1. The van der Waals surface area contributed by atoms with Gasteiger partial charge in [-0.25, -0.2) is 9.97 Å². The van der Waals surface area contributed by atoms with E-state index in [1.807, 2.05) is 58.4 Å². The van der Waals surface area contributed by atoms with E-state index in [2.05, 4.69) is 32.3 Å². The van der Waals surface area contributed by atoms with Crippen LogP contribution in [0.1, 0.15) is 40.5 Å². The predicted octanol–water partition coefficient (Wildman–Crippen LogP) is 3.41. The van der Waals surface area contributed by atoms with Crippen LogP contribution in [-0.4, -0.2) is 59.5 Å². The molecule has 2 saturated heterocycles. The van der Waals surface area contributed by atoms with E-state index in [0.29, 0.717) is 17.7 Å². The molecule has 2 fully saturated rings. The quantitative estimate of drug-likeness (QED) is 0.579. The van der Waals surface area contributed by atoms with Crippen LogP contribution in [0.15, 0.2) is 42.9 Å². The number of ether oxygens (including phenoxy) is 1. The van der Waals surface area contributed by atoms with E-state index in [9.17, 15) is 0 Å². The molecule has 3 aromatic rings. The lowest BCUT2D eigenvalue weighted by molar-refractivity contribution is 0.00578. The van der Waals surface area contributed by atoms with Crippen LogP contribution in [0.2, 0.25) is 0 Å². The summed E-state index contributed by atoms with van der Waals surface area (Å²) in [6.45, 7) is 10.2. The lowest BCUT2D eigenvalue weighted by Crippen LogP contribution is -2.41. The first-order valence-electron chi connectivity index (χ1n) is 11.9. The number of piperidine rings is 1. The highest BCUT2D eigenvalue weighted by atomic mass is 16.7. The maximum atomic E-state index is 6.22. The summed E-state index contributed by atoms with van der Waals surface area (Å²) in [6, 6.07) is 8.42. The van der Waals surface area contributed by atoms with Gasteiger partial charge in [-0.2, -0.15) is 0 Å². The van der Waals surface area contributed by atoms with Crippen LogP contribution in [0.25, 0.3) is 10.9 Å². The topological polar surface area (TPSA) is 81.6 Å². The number of methoxy groups -OCH3 is 1. The monoisotopic (exact) mass is 461 g/mol. The van der Waals surface area contributed by atoms with Crippen LogP contribution in [0, 0.1) is 0 Å². The van der Waals surface area contributed by atoms with Crippen molar-refractivity contribution >= 4 is 35.1 Å². The maximum absolute atomic E-state index is 6.22. The highest BCUT2D eigenvalue weighted by Crippen LogP contribution is 2.37. The van der Waals surface area contributed by atoms with Gasteiger partial charge in [0.25, 0.3) is 0 Å². The highest BCUT2D eigenvalue weighted by Gasteiger charge is 2.51. The number of aromatic nitrogens is 3. The van der Waals surface area contributed by atoms with Crippen molar-refractivity contribution in [2.24, 2.45) is 0 Å². The van der Waals surface area contributed by atoms with Gasteiger partial charge in [0.1, 0.15) is 11.3 Å². The minimum Gasteiger partial charge on any atom is -0.494 e. The Labute approximate surface area is 201 Å². The van der Waals surface area contributed by atoms with Crippen LogP contribution in [0.3, 0.4) is 0 Å². The molecule has 0 bridgehead atoms. The Morgan fingerprint density at radius 1 is 1.06 bits per heavy atom. The van der Waals surface area contributed by atoms with Gasteiger partial charge in [-0.3, -0.25) is 4.98 Å². The highest BCUT2D eigenvalue weighted by molar-refractivity contribution is 6.62. The minimum absolute atomic E-state index is 0.325. The first kappa shape index (κ1) is 22.9. The summed E-state index contributed by atoms with van der Waals surface area (Å²) >= 11 is 0. The predicted molar refractivity (Wildman–Crippen MR) is 135 cm³/mol. The standard InChI is InChI=1S/C25H32BN5O3/c1-24(2)25(3,4)34-26(33-24)18-14-17-16-28-23(30-22(17)21(15-18)32-5)29-19-8-12-31(13-9-19)20-6-10-27-11-7-20/h6-7,10-11,14-16,19H,8-9,12-13H2,1-5H3,(H,28,29,30). The first-order valence-corrected chi connectivity index (χ1v) is 11.9. The average Bonchev–Trinajstić information content (AvgIpc) is 3.06. The summed E-state index contributed by atoms with van der Waals surface area (Å²) in [5.41, 5.74) is 2.08. The van der Waals surface area contributed by atoms with E-state index in [-0.39, 0.29) is 0 Å². The van der Waals surface area contributed by atoms with Gasteiger partial charge in [0.15, 0.2) is 0 Å². The van der Waals surface area contributed by atoms with Gasteiger partial charge >= 0.3 is 7.12 Å². The Kier molecular flexibility index (Phi) is 5.85. The molecular formula is C25H32BN5O3. The molecule has 1 aromatic carbocycles. The molecule has 0 radical (unpaired) electrons. The summed E-state index contributed by atoms with van der Waals surface area (Å²) in [6.07, 6.45) is 7.56. The number of hydrogen-bond donors (Lipinski definition) is 1. The SMILES string of the molecule is COc1cc(B2OC(C)(C)C(C)(C)O2)cc2cnc(NC3CCN(c4ccncc4)CC3)nc12. The zero-order valence-electron chi connectivity index (χ0n) is 20.5. The van der Waals surface area contributed by atoms with Crippen LogP contribution in [0.4, 0.5) is 11.6 Å². The van der Waals surface area contributed by atoms with Crippen molar-refractivity contribution in [3.8, 4) is 5.75 Å². The molecule has 2 aliphatic rings. The lowest BCUT2D eigenvalue weighted by Gasteiger charge is -2.33. The molecule has 0 atom stereocenters. The number of nitrogens with one attached hydrogen (secondary N) is 1. The Morgan fingerprint density at radius 2 is 1.74 bits per heavy atom. The van der Waals surface area contributed by atoms with Crippen molar-refractivity contribution in [1.82, 2.24) is 15.0 Å². The molecular weight excluding hydrogens is 429 g/mol. The summed E-state index contributed by atoms with van der Waals surface area (Å²) in [5, 5.41) is 4.41. The van der Waals surface area contributed by atoms with Crippen LogP contribution in [-0.2, 0) is 9.31 Å². The van der Waals surface area contributed by atoms with E-state index >= 15 is 0 Å². The second-order valence-electron chi connectivity index (χ2n) is 10.1. The van der Waals surface area contributed by atoms with Gasteiger partial charge in [0.2, 0.25) is 5.95 Å². The average molecular weight is 461 g/mol. The molecule has 1 N–H and O–H groups in total. The third-order valence-corrected chi connectivity index (χ3v) is 7.27. The van der Waals surface area contributed by atoms with Crippen LogP contribution in [0.5, 0.6) is 5.75 Å². The zero-order chi connectivity index (χ0) is 23.9. The minimum atomic E-state index is -0.466. The van der Waals surface area contributed by atoms with E-state index in [4.69, 9.17) is 19.0 Å². The van der Waals surface area contributed by atoms with Gasteiger partial charge in [0, 0.05) is 48.8 Å². The number of nitrogens with zero attached hydrogens (tertiary/aromatic N) is 4. The molecule has 2 aromatic heterocycles. The summed E-state index contributed by atoms with van der Waals surface area (Å²) in [7, 11) is 1.19. The molecule has 0 unspecified atom stereocenters. The molecule has 5 rings (SSSR count). The van der Waals surface area contributed by atoms with Gasteiger partial charge < -0.3 is 24.3 Å². The second kappa shape index (κ2) is 8.71. The van der Waals surface area contributed by atoms with Gasteiger partial charge in [0.05, 0.1) is 18.3 Å². The maximum Gasteiger partial charge on any atom is 0.494 e. The van der Waals surface area contributed by atoms with Crippen molar-refractivity contribution in [2.75, 3.05) is 30.4 Å². The van der Waals surface area contributed by atoms with Crippen molar-refractivity contribution in [3.05, 3.63) is 42.9 Å².